The number of hydrogen-bond donors (Lipinski definition) is 0. The van der Waals surface area contributed by atoms with Gasteiger partial charge in [-0.3, -0.25) is 0 Å². The first-order valence-corrected chi connectivity index (χ1v) is 4.20. The molecule has 0 bridgehead atoms. The second kappa shape index (κ2) is 4.84. The third-order valence-electron chi connectivity index (χ3n) is 2.43. The van der Waals surface area contributed by atoms with Gasteiger partial charge in [0.1, 0.15) is 0 Å². The summed E-state index contributed by atoms with van der Waals surface area (Å²) < 4.78 is 36.6. The Hall–Kier alpha value is 1.23. The molecule has 0 heterocycles. The summed E-state index contributed by atoms with van der Waals surface area (Å²) in [5, 5.41) is 0. The number of rotatable bonds is 1. The van der Waals surface area contributed by atoms with E-state index in [9.17, 15) is 12.9 Å². The van der Waals surface area contributed by atoms with E-state index in [0.29, 0.717) is 12.8 Å². The summed E-state index contributed by atoms with van der Waals surface area (Å²) in [4.78, 5) is 0. The Bertz CT molecular complexity index is 208. The van der Waals surface area contributed by atoms with Crippen LogP contribution < -0.4 is 51.4 Å². The van der Waals surface area contributed by atoms with Gasteiger partial charge in [0.2, 0.25) is 0 Å². The Morgan fingerprint density at radius 1 is 1.31 bits per heavy atom. The van der Waals surface area contributed by atoms with E-state index in [1.807, 2.05) is 13.8 Å². The Kier molecular flexibility index (Phi) is 5.29. The molecule has 1 aliphatic carbocycles. The van der Waals surface area contributed by atoms with Gasteiger partial charge < -0.3 is 12.9 Å². The Morgan fingerprint density at radius 2 is 1.85 bits per heavy atom. The molecule has 0 amide bonds. The zero-order chi connectivity index (χ0) is 9.41. The topological polar surface area (TPSA) is 0 Å². The average Bonchev–Trinajstić information content (AvgIpc) is 1.83. The molecule has 0 fully saturated rings. The van der Waals surface area contributed by atoms with Crippen LogP contribution in [0.1, 0.15) is 33.1 Å². The van der Waals surface area contributed by atoms with E-state index in [2.05, 4.69) is 0 Å². The third kappa shape index (κ3) is 4.51. The summed E-state index contributed by atoms with van der Waals surface area (Å²) in [7, 11) is 0. The Labute approximate surface area is 120 Å². The van der Waals surface area contributed by atoms with E-state index >= 15 is 0 Å². The van der Waals surface area contributed by atoms with E-state index < -0.39 is 6.98 Å². The molecule has 0 aromatic heterocycles. The molecule has 0 saturated heterocycles. The fourth-order valence-corrected chi connectivity index (χ4v) is 1.39. The van der Waals surface area contributed by atoms with E-state index in [1.54, 1.807) is 0 Å². The van der Waals surface area contributed by atoms with Crippen molar-refractivity contribution in [2.24, 2.45) is 5.41 Å². The monoisotopic (exact) mass is 216 g/mol. The maximum absolute atomic E-state index is 12.2. The van der Waals surface area contributed by atoms with Crippen LogP contribution in [-0.2, 0) is 0 Å². The van der Waals surface area contributed by atoms with Gasteiger partial charge in [0, 0.05) is 0 Å². The van der Waals surface area contributed by atoms with Gasteiger partial charge in [0.15, 0.2) is 0 Å². The van der Waals surface area contributed by atoms with Crippen molar-refractivity contribution in [3.63, 3.8) is 0 Å². The van der Waals surface area contributed by atoms with E-state index in [1.165, 1.54) is 6.08 Å². The van der Waals surface area contributed by atoms with Crippen molar-refractivity contribution in [3.05, 3.63) is 11.5 Å². The SMILES string of the molecule is CC1(C)CC=C([B-](F)(F)F)CC1.[K+]. The maximum atomic E-state index is 12.2. The van der Waals surface area contributed by atoms with Gasteiger partial charge in [-0.1, -0.05) is 20.3 Å². The van der Waals surface area contributed by atoms with E-state index in [4.69, 9.17) is 0 Å². The molecule has 0 aromatic rings. The van der Waals surface area contributed by atoms with Crippen LogP contribution in [0.3, 0.4) is 0 Å². The number of hydrogen-bond acceptors (Lipinski definition) is 0. The van der Waals surface area contributed by atoms with Crippen LogP contribution in [0.25, 0.3) is 0 Å². The minimum absolute atomic E-state index is 0. The molecule has 70 valence electrons. The molecular weight excluding hydrogens is 203 g/mol. The predicted octanol–water partition coefficient (Wildman–Crippen LogP) is 0.513. The van der Waals surface area contributed by atoms with Crippen molar-refractivity contribution in [2.75, 3.05) is 0 Å². The molecule has 0 saturated carbocycles. The molecule has 0 aliphatic heterocycles. The van der Waals surface area contributed by atoms with Crippen LogP contribution in [0.2, 0.25) is 0 Å². The smallest absolute Gasteiger partial charge is 0.445 e. The molecule has 0 aromatic carbocycles. The molecule has 0 unspecified atom stereocenters. The largest absolute Gasteiger partial charge is 1.00 e. The standard InChI is InChI=1S/C8H13BF3.K/c1-8(2)5-3-7(4-6-8)9(10,11)12;/h3H,4-6H2,1-2H3;/q-1;+1. The van der Waals surface area contributed by atoms with Crippen molar-refractivity contribution in [1.29, 1.82) is 0 Å². The molecule has 5 heteroatoms. The van der Waals surface area contributed by atoms with E-state index in [0.717, 1.165) is 0 Å². The molecular formula is C8H13BF3K. The van der Waals surface area contributed by atoms with Gasteiger partial charge in [-0.15, -0.1) is 11.5 Å². The van der Waals surface area contributed by atoms with Gasteiger partial charge >= 0.3 is 58.4 Å². The molecule has 1 aliphatic rings. The van der Waals surface area contributed by atoms with Gasteiger partial charge in [0.25, 0.3) is 0 Å². The van der Waals surface area contributed by atoms with Crippen molar-refractivity contribution in [3.8, 4) is 0 Å². The molecule has 13 heavy (non-hydrogen) atoms. The van der Waals surface area contributed by atoms with E-state index in [-0.39, 0.29) is 68.7 Å². The summed E-state index contributed by atoms with van der Waals surface area (Å²) in [5.41, 5.74) is -0.223. The van der Waals surface area contributed by atoms with Crippen LogP contribution in [0.5, 0.6) is 0 Å². The van der Waals surface area contributed by atoms with Crippen molar-refractivity contribution in [2.45, 2.75) is 33.1 Å². The summed E-state index contributed by atoms with van der Waals surface area (Å²) in [6, 6.07) is 0. The summed E-state index contributed by atoms with van der Waals surface area (Å²) in [5.74, 6) is 0. The molecule has 0 N–H and O–H groups in total. The summed E-state index contributed by atoms with van der Waals surface area (Å²) in [6.45, 7) is -0.704. The van der Waals surface area contributed by atoms with Gasteiger partial charge in [-0.2, -0.15) is 0 Å². The van der Waals surface area contributed by atoms with Crippen LogP contribution in [0, 0.1) is 5.41 Å². The molecule has 0 radical (unpaired) electrons. The van der Waals surface area contributed by atoms with Gasteiger partial charge in [-0.25, -0.2) is 0 Å². The van der Waals surface area contributed by atoms with Crippen molar-refractivity contribution < 1.29 is 64.3 Å². The minimum atomic E-state index is -4.71. The molecule has 0 spiro atoms. The first kappa shape index (κ1) is 14.2. The zero-order valence-corrected chi connectivity index (χ0v) is 11.5. The second-order valence-electron chi connectivity index (χ2n) is 4.22. The van der Waals surface area contributed by atoms with Crippen molar-refractivity contribution >= 4 is 6.98 Å². The summed E-state index contributed by atoms with van der Waals surface area (Å²) in [6.07, 6.45) is 2.78. The minimum Gasteiger partial charge on any atom is -0.445 e. The Balaban J connectivity index is 0.00000144. The fraction of sp³-hybridized carbons (Fsp3) is 0.750. The van der Waals surface area contributed by atoms with Crippen LogP contribution in [0.4, 0.5) is 12.9 Å². The molecule has 1 rings (SSSR count). The average molecular weight is 216 g/mol. The fourth-order valence-electron chi connectivity index (χ4n) is 1.39. The second-order valence-corrected chi connectivity index (χ2v) is 4.22. The number of halogens is 3. The van der Waals surface area contributed by atoms with Gasteiger partial charge in [-0.05, 0) is 18.3 Å². The van der Waals surface area contributed by atoms with Crippen molar-refractivity contribution in [1.82, 2.24) is 0 Å². The summed E-state index contributed by atoms with van der Waals surface area (Å²) >= 11 is 0. The van der Waals surface area contributed by atoms with Crippen LogP contribution in [0.15, 0.2) is 11.5 Å². The van der Waals surface area contributed by atoms with Crippen LogP contribution >= 0.6 is 0 Å². The third-order valence-corrected chi connectivity index (χ3v) is 2.43. The first-order valence-electron chi connectivity index (χ1n) is 4.20. The number of allylic oxidation sites excluding steroid dienone is 2. The van der Waals surface area contributed by atoms with Gasteiger partial charge in [0.05, 0.1) is 0 Å². The molecule has 0 nitrogen and oxygen atoms in total. The zero-order valence-electron chi connectivity index (χ0n) is 8.41. The predicted molar refractivity (Wildman–Crippen MR) is 44.8 cm³/mol. The quantitative estimate of drug-likeness (QED) is 0.560. The molecule has 0 atom stereocenters. The normalized spacial score (nSPS) is 21.8. The van der Waals surface area contributed by atoms with Crippen LogP contribution in [-0.4, -0.2) is 6.98 Å². The first-order chi connectivity index (χ1) is 5.31. The Morgan fingerprint density at radius 3 is 2.15 bits per heavy atom. The maximum Gasteiger partial charge on any atom is 1.00 e.